The van der Waals surface area contributed by atoms with Crippen molar-refractivity contribution in [1.82, 2.24) is 19.6 Å². The van der Waals surface area contributed by atoms with Gasteiger partial charge in [-0.2, -0.15) is 9.61 Å². The lowest BCUT2D eigenvalue weighted by Gasteiger charge is -2.50. The van der Waals surface area contributed by atoms with Crippen LogP contribution >= 0.6 is 0 Å². The van der Waals surface area contributed by atoms with E-state index in [1.807, 2.05) is 6.07 Å². The summed E-state index contributed by atoms with van der Waals surface area (Å²) in [6.45, 7) is 1.72. The lowest BCUT2D eigenvalue weighted by atomic mass is 9.59. The summed E-state index contributed by atoms with van der Waals surface area (Å²) in [6, 6.07) is 5.54. The third-order valence-corrected chi connectivity index (χ3v) is 8.62. The van der Waals surface area contributed by atoms with E-state index in [0.29, 0.717) is 30.2 Å². The summed E-state index contributed by atoms with van der Waals surface area (Å²) in [7, 11) is 0. The molecule has 194 valence electrons. The summed E-state index contributed by atoms with van der Waals surface area (Å²) in [6.07, 6.45) is 12.6. The van der Waals surface area contributed by atoms with Crippen LogP contribution in [0.4, 0.5) is 20.4 Å². The molecule has 0 radical (unpaired) electrons. The summed E-state index contributed by atoms with van der Waals surface area (Å²) in [5.74, 6) is -0.547. The number of nitrogens with two attached hydrogens (primary N) is 1. The minimum Gasteiger partial charge on any atom is -0.389 e. The standard InChI is InChI=1S/C28H32F2N6O/c1-27(28(37)9-3-10-28)13-21(29)25(22(30)14-27)23-7-6-19-15-33-26(36(19)35-23)34-24-16-32-11-8-20(24)17-4-2-5-18(31)12-17/h6-8,11,13,15-18,37H,2-5,9-10,12,14,31H2,1H3,(H,33,34)/t17-,18+,27?/m1/s1. The van der Waals surface area contributed by atoms with Crippen LogP contribution < -0.4 is 11.1 Å². The number of rotatable bonds is 5. The molecule has 0 amide bonds. The van der Waals surface area contributed by atoms with Gasteiger partial charge in [0.15, 0.2) is 0 Å². The zero-order valence-corrected chi connectivity index (χ0v) is 20.9. The minimum atomic E-state index is -1.07. The number of nitrogens with one attached hydrogen (secondary N) is 1. The van der Waals surface area contributed by atoms with Crippen LogP contribution in [0.5, 0.6) is 0 Å². The molecule has 7 nitrogen and oxygen atoms in total. The molecule has 3 atom stereocenters. The Morgan fingerprint density at radius 3 is 2.70 bits per heavy atom. The largest absolute Gasteiger partial charge is 0.389 e. The number of hydrogen-bond donors (Lipinski definition) is 3. The van der Waals surface area contributed by atoms with E-state index in [1.165, 1.54) is 6.08 Å². The molecule has 0 saturated heterocycles. The van der Waals surface area contributed by atoms with E-state index in [9.17, 15) is 5.11 Å². The summed E-state index contributed by atoms with van der Waals surface area (Å²) >= 11 is 0. The van der Waals surface area contributed by atoms with Gasteiger partial charge in [-0.15, -0.1) is 0 Å². The molecule has 9 heteroatoms. The molecule has 3 heterocycles. The second-order valence-corrected chi connectivity index (χ2v) is 11.1. The first-order chi connectivity index (χ1) is 17.8. The van der Waals surface area contributed by atoms with Crippen LogP contribution in [0, 0.1) is 5.41 Å². The Balaban J connectivity index is 1.32. The predicted octanol–water partition coefficient (Wildman–Crippen LogP) is 5.71. The maximum absolute atomic E-state index is 15.4. The molecule has 2 fully saturated rings. The number of pyridine rings is 1. The fraction of sp³-hybridized carbons (Fsp3) is 0.464. The summed E-state index contributed by atoms with van der Waals surface area (Å²) in [4.78, 5) is 8.77. The molecule has 1 unspecified atom stereocenters. The van der Waals surface area contributed by atoms with E-state index in [2.05, 4.69) is 20.4 Å². The van der Waals surface area contributed by atoms with Crippen LogP contribution in [0.25, 0.3) is 11.1 Å². The van der Waals surface area contributed by atoms with E-state index in [0.717, 1.165) is 43.4 Å². The van der Waals surface area contributed by atoms with Crippen molar-refractivity contribution in [2.45, 2.75) is 75.9 Å². The molecule has 3 aromatic heterocycles. The first-order valence-electron chi connectivity index (χ1n) is 13.1. The predicted molar refractivity (Wildman–Crippen MR) is 138 cm³/mol. The molecule has 0 bridgehead atoms. The van der Waals surface area contributed by atoms with E-state index in [1.54, 1.807) is 42.2 Å². The van der Waals surface area contributed by atoms with E-state index in [-0.39, 0.29) is 23.7 Å². The van der Waals surface area contributed by atoms with Gasteiger partial charge < -0.3 is 16.2 Å². The SMILES string of the molecule is CC1(C2(O)CCC2)C=C(F)C(c2ccc3cnc(Nc4cnccc4[C@@H]4CCC[C@H](N)C4)n3n2)=C(F)C1. The molecular formula is C28H32F2N6O. The quantitative estimate of drug-likeness (QED) is 0.410. The number of fused-ring (bicyclic) bond motifs is 1. The Morgan fingerprint density at radius 2 is 1.97 bits per heavy atom. The van der Waals surface area contributed by atoms with Gasteiger partial charge in [-0.05, 0) is 74.3 Å². The van der Waals surface area contributed by atoms with Gasteiger partial charge in [0.25, 0.3) is 0 Å². The number of aromatic nitrogens is 4. The van der Waals surface area contributed by atoms with Crippen LogP contribution in [0.15, 0.2) is 54.5 Å². The van der Waals surface area contributed by atoms with Gasteiger partial charge in [-0.25, -0.2) is 13.8 Å². The second-order valence-electron chi connectivity index (χ2n) is 11.1. The lowest BCUT2D eigenvalue weighted by Crippen LogP contribution is -2.51. The number of hydrogen-bond acceptors (Lipinski definition) is 6. The molecule has 6 rings (SSSR count). The first kappa shape index (κ1) is 24.2. The first-order valence-corrected chi connectivity index (χ1v) is 13.1. The third kappa shape index (κ3) is 4.14. The van der Waals surface area contributed by atoms with Crippen molar-refractivity contribution < 1.29 is 13.9 Å². The van der Waals surface area contributed by atoms with Crippen LogP contribution in [-0.4, -0.2) is 36.3 Å². The molecule has 4 N–H and O–H groups in total. The van der Waals surface area contributed by atoms with Gasteiger partial charge in [-0.1, -0.05) is 13.3 Å². The van der Waals surface area contributed by atoms with Gasteiger partial charge in [0.05, 0.1) is 40.5 Å². The minimum absolute atomic E-state index is 0.0659. The monoisotopic (exact) mass is 506 g/mol. The molecule has 3 aromatic rings. The van der Waals surface area contributed by atoms with Gasteiger partial charge >= 0.3 is 0 Å². The van der Waals surface area contributed by atoms with Crippen molar-refractivity contribution in [2.75, 3.05) is 5.32 Å². The second kappa shape index (κ2) is 8.99. The molecule has 0 aliphatic heterocycles. The average Bonchev–Trinajstić information content (AvgIpc) is 3.24. The summed E-state index contributed by atoms with van der Waals surface area (Å²) in [5.41, 5.74) is 6.82. The van der Waals surface area contributed by atoms with E-state index >= 15 is 8.78 Å². The molecule has 3 aliphatic carbocycles. The zero-order valence-electron chi connectivity index (χ0n) is 20.9. The van der Waals surface area contributed by atoms with Crippen LogP contribution in [0.1, 0.15) is 75.5 Å². The van der Waals surface area contributed by atoms with Crippen molar-refractivity contribution in [2.24, 2.45) is 11.1 Å². The Hall–Kier alpha value is -3.17. The number of allylic oxidation sites excluding steroid dienone is 3. The highest BCUT2D eigenvalue weighted by atomic mass is 19.1. The van der Waals surface area contributed by atoms with Crippen LogP contribution in [-0.2, 0) is 0 Å². The van der Waals surface area contributed by atoms with Crippen LogP contribution in [0.3, 0.4) is 0 Å². The lowest BCUT2D eigenvalue weighted by molar-refractivity contribution is -0.114. The maximum atomic E-state index is 15.4. The number of anilines is 2. The van der Waals surface area contributed by atoms with Gasteiger partial charge in [0.1, 0.15) is 11.7 Å². The highest BCUT2D eigenvalue weighted by Gasteiger charge is 2.52. The van der Waals surface area contributed by atoms with Gasteiger partial charge in [-0.3, -0.25) is 4.98 Å². The van der Waals surface area contributed by atoms with Gasteiger partial charge in [0.2, 0.25) is 5.95 Å². The van der Waals surface area contributed by atoms with Crippen LogP contribution in [0.2, 0.25) is 0 Å². The fourth-order valence-electron chi connectivity index (χ4n) is 6.18. The van der Waals surface area contributed by atoms with Crippen molar-refractivity contribution in [1.29, 1.82) is 0 Å². The molecule has 0 spiro atoms. The van der Waals surface area contributed by atoms with Gasteiger partial charge in [0, 0.05) is 24.1 Å². The Labute approximate surface area is 214 Å². The Morgan fingerprint density at radius 1 is 1.14 bits per heavy atom. The normalized spacial score (nSPS) is 27.6. The third-order valence-electron chi connectivity index (χ3n) is 8.62. The number of nitrogens with zero attached hydrogens (tertiary/aromatic N) is 4. The average molecular weight is 507 g/mol. The highest BCUT2D eigenvalue weighted by molar-refractivity contribution is 5.78. The maximum Gasteiger partial charge on any atom is 0.229 e. The number of imidazole rings is 1. The van der Waals surface area contributed by atoms with Crippen molar-refractivity contribution >= 4 is 22.7 Å². The summed E-state index contributed by atoms with van der Waals surface area (Å²) in [5, 5.41) is 18.8. The number of halogens is 2. The molecular weight excluding hydrogens is 474 g/mol. The number of aliphatic hydroxyl groups is 1. The van der Waals surface area contributed by atoms with E-state index in [4.69, 9.17) is 5.73 Å². The smallest absolute Gasteiger partial charge is 0.229 e. The van der Waals surface area contributed by atoms with Crippen molar-refractivity contribution in [3.8, 4) is 0 Å². The molecule has 3 aliphatic rings. The highest BCUT2D eigenvalue weighted by Crippen LogP contribution is 2.54. The Kier molecular flexibility index (Phi) is 5.88. The van der Waals surface area contributed by atoms with E-state index < -0.39 is 22.7 Å². The Bertz CT molecular complexity index is 1410. The molecule has 0 aromatic carbocycles. The molecule has 37 heavy (non-hydrogen) atoms. The van der Waals surface area contributed by atoms with Crippen molar-refractivity contribution in [3.63, 3.8) is 0 Å². The molecule has 2 saturated carbocycles. The van der Waals surface area contributed by atoms with Crippen molar-refractivity contribution in [3.05, 3.63) is 65.8 Å². The fourth-order valence-corrected chi connectivity index (χ4v) is 6.18. The topological polar surface area (TPSA) is 101 Å². The summed E-state index contributed by atoms with van der Waals surface area (Å²) < 4.78 is 32.4. The zero-order chi connectivity index (χ0) is 25.8.